The number of halogens is 1. The maximum atomic E-state index is 13.4. The van der Waals surface area contributed by atoms with Gasteiger partial charge in [0.2, 0.25) is 0 Å². The van der Waals surface area contributed by atoms with Gasteiger partial charge in [0.1, 0.15) is 23.3 Å². The molecule has 6 heteroatoms. The quantitative estimate of drug-likeness (QED) is 0.743. The Morgan fingerprint density at radius 1 is 1.39 bits per heavy atom. The van der Waals surface area contributed by atoms with Crippen molar-refractivity contribution < 1.29 is 14.2 Å². The number of aliphatic hydroxyl groups is 1. The number of benzene rings is 1. The third kappa shape index (κ3) is 4.56. The molecule has 2 aromatic rings. The SMILES string of the molecule is CCn1c(COCCO)nc(Sc2cccc(F)c2)c1C(C)C. The van der Waals surface area contributed by atoms with Gasteiger partial charge in [-0.3, -0.25) is 0 Å². The van der Waals surface area contributed by atoms with Crippen molar-refractivity contribution in [2.45, 2.75) is 49.8 Å². The van der Waals surface area contributed by atoms with E-state index >= 15 is 0 Å². The average molecular weight is 338 g/mol. The molecule has 23 heavy (non-hydrogen) atoms. The Morgan fingerprint density at radius 3 is 2.78 bits per heavy atom. The van der Waals surface area contributed by atoms with Crippen LogP contribution < -0.4 is 0 Å². The van der Waals surface area contributed by atoms with Gasteiger partial charge in [-0.05, 0) is 31.0 Å². The molecule has 126 valence electrons. The molecule has 0 bridgehead atoms. The van der Waals surface area contributed by atoms with Gasteiger partial charge >= 0.3 is 0 Å². The van der Waals surface area contributed by atoms with E-state index < -0.39 is 0 Å². The number of aromatic nitrogens is 2. The molecule has 0 aliphatic carbocycles. The first-order valence-electron chi connectivity index (χ1n) is 7.78. The van der Waals surface area contributed by atoms with Crippen molar-refractivity contribution >= 4 is 11.8 Å². The second-order valence-corrected chi connectivity index (χ2v) is 6.52. The predicted molar refractivity (Wildman–Crippen MR) is 89.3 cm³/mol. The molecule has 0 unspecified atom stereocenters. The summed E-state index contributed by atoms with van der Waals surface area (Å²) in [7, 11) is 0. The Bertz CT molecular complexity index is 644. The Hall–Kier alpha value is -1.37. The van der Waals surface area contributed by atoms with E-state index in [4.69, 9.17) is 14.8 Å². The lowest BCUT2D eigenvalue weighted by Gasteiger charge is -2.13. The van der Waals surface area contributed by atoms with Gasteiger partial charge in [0, 0.05) is 11.4 Å². The van der Waals surface area contributed by atoms with Crippen LogP contribution in [0.25, 0.3) is 0 Å². The zero-order valence-electron chi connectivity index (χ0n) is 13.8. The minimum absolute atomic E-state index is 0.00519. The van der Waals surface area contributed by atoms with Crippen LogP contribution in [0, 0.1) is 5.82 Å². The summed E-state index contributed by atoms with van der Waals surface area (Å²) in [6, 6.07) is 6.54. The molecule has 1 heterocycles. The topological polar surface area (TPSA) is 47.3 Å². The highest BCUT2D eigenvalue weighted by atomic mass is 32.2. The van der Waals surface area contributed by atoms with Crippen LogP contribution in [0.2, 0.25) is 0 Å². The molecule has 0 aliphatic rings. The second kappa shape index (κ2) is 8.47. The van der Waals surface area contributed by atoms with Crippen LogP contribution >= 0.6 is 11.8 Å². The number of ether oxygens (including phenoxy) is 1. The van der Waals surface area contributed by atoms with Crippen LogP contribution in [0.3, 0.4) is 0 Å². The number of aliphatic hydroxyl groups excluding tert-OH is 1. The number of nitrogens with zero attached hydrogens (tertiary/aromatic N) is 2. The minimum atomic E-state index is -0.248. The van der Waals surface area contributed by atoms with E-state index in [2.05, 4.69) is 25.3 Å². The standard InChI is InChI=1S/C17H23FN2O2S/c1-4-20-15(11-22-9-8-21)19-17(16(20)12(2)3)23-14-7-5-6-13(18)10-14/h5-7,10,12,21H,4,8-9,11H2,1-3H3. The van der Waals surface area contributed by atoms with E-state index in [0.29, 0.717) is 19.1 Å². The van der Waals surface area contributed by atoms with Gasteiger partial charge in [-0.15, -0.1) is 0 Å². The summed E-state index contributed by atoms with van der Waals surface area (Å²) in [5.74, 6) is 0.885. The molecule has 2 rings (SSSR count). The van der Waals surface area contributed by atoms with Gasteiger partial charge < -0.3 is 14.4 Å². The van der Waals surface area contributed by atoms with Crippen LogP contribution in [-0.4, -0.2) is 27.9 Å². The van der Waals surface area contributed by atoms with E-state index in [9.17, 15) is 4.39 Å². The van der Waals surface area contributed by atoms with Crippen molar-refractivity contribution in [3.05, 3.63) is 41.6 Å². The highest BCUT2D eigenvalue weighted by molar-refractivity contribution is 7.99. The summed E-state index contributed by atoms with van der Waals surface area (Å²) < 4.78 is 21.0. The second-order valence-electron chi connectivity index (χ2n) is 5.45. The smallest absolute Gasteiger partial charge is 0.136 e. The number of imidazole rings is 1. The van der Waals surface area contributed by atoms with Crippen molar-refractivity contribution in [1.29, 1.82) is 0 Å². The van der Waals surface area contributed by atoms with Gasteiger partial charge in [-0.2, -0.15) is 0 Å². The Balaban J connectivity index is 2.33. The summed E-state index contributed by atoms with van der Waals surface area (Å²) in [6.45, 7) is 7.75. The highest BCUT2D eigenvalue weighted by Crippen LogP contribution is 2.34. The Labute approximate surface area is 140 Å². The fraction of sp³-hybridized carbons (Fsp3) is 0.471. The number of rotatable bonds is 8. The van der Waals surface area contributed by atoms with Crippen molar-refractivity contribution in [2.75, 3.05) is 13.2 Å². The molecule has 0 amide bonds. The molecule has 0 radical (unpaired) electrons. The lowest BCUT2D eigenvalue weighted by Crippen LogP contribution is -2.09. The van der Waals surface area contributed by atoms with Crippen molar-refractivity contribution in [3.8, 4) is 0 Å². The van der Waals surface area contributed by atoms with Crippen LogP contribution in [0.15, 0.2) is 34.2 Å². The fourth-order valence-electron chi connectivity index (χ4n) is 2.46. The normalized spacial score (nSPS) is 11.4. The zero-order valence-corrected chi connectivity index (χ0v) is 14.6. The lowest BCUT2D eigenvalue weighted by molar-refractivity contribution is 0.0759. The van der Waals surface area contributed by atoms with Crippen LogP contribution in [0.1, 0.15) is 38.2 Å². The molecule has 1 N–H and O–H groups in total. The molecule has 0 atom stereocenters. The van der Waals surface area contributed by atoms with E-state index in [1.165, 1.54) is 23.9 Å². The van der Waals surface area contributed by atoms with Gasteiger partial charge in [-0.1, -0.05) is 31.7 Å². The van der Waals surface area contributed by atoms with Crippen LogP contribution in [0.4, 0.5) is 4.39 Å². The molecule has 0 saturated carbocycles. The maximum absolute atomic E-state index is 13.4. The summed E-state index contributed by atoms with van der Waals surface area (Å²) in [6.07, 6.45) is 0. The van der Waals surface area contributed by atoms with Crippen molar-refractivity contribution in [1.82, 2.24) is 9.55 Å². The molecule has 0 fully saturated rings. The molecule has 4 nitrogen and oxygen atoms in total. The predicted octanol–water partition coefficient (Wildman–Crippen LogP) is 3.83. The van der Waals surface area contributed by atoms with Crippen LogP contribution in [-0.2, 0) is 17.9 Å². The zero-order chi connectivity index (χ0) is 16.8. The first-order chi connectivity index (χ1) is 11.1. The van der Waals surface area contributed by atoms with E-state index in [-0.39, 0.29) is 12.4 Å². The highest BCUT2D eigenvalue weighted by Gasteiger charge is 2.19. The molecular weight excluding hydrogens is 315 g/mol. The van der Waals surface area contributed by atoms with E-state index in [1.807, 2.05) is 6.07 Å². The molecule has 1 aromatic heterocycles. The first kappa shape index (κ1) is 18.0. The molecule has 1 aromatic carbocycles. The van der Waals surface area contributed by atoms with Gasteiger partial charge in [0.15, 0.2) is 0 Å². The Morgan fingerprint density at radius 2 is 2.17 bits per heavy atom. The number of hydrogen-bond acceptors (Lipinski definition) is 4. The monoisotopic (exact) mass is 338 g/mol. The summed E-state index contributed by atoms with van der Waals surface area (Å²) in [5.41, 5.74) is 1.13. The van der Waals surface area contributed by atoms with E-state index in [1.54, 1.807) is 6.07 Å². The van der Waals surface area contributed by atoms with Gasteiger partial charge in [-0.25, -0.2) is 9.37 Å². The third-order valence-corrected chi connectivity index (χ3v) is 4.38. The number of hydrogen-bond donors (Lipinski definition) is 1. The van der Waals surface area contributed by atoms with E-state index in [0.717, 1.165) is 28.0 Å². The average Bonchev–Trinajstić information content (AvgIpc) is 2.85. The third-order valence-electron chi connectivity index (χ3n) is 3.39. The largest absolute Gasteiger partial charge is 0.394 e. The fourth-order valence-corrected chi connectivity index (χ4v) is 3.60. The van der Waals surface area contributed by atoms with Gasteiger partial charge in [0.25, 0.3) is 0 Å². The summed E-state index contributed by atoms with van der Waals surface area (Å²) >= 11 is 1.47. The van der Waals surface area contributed by atoms with Gasteiger partial charge in [0.05, 0.1) is 18.9 Å². The molecule has 0 spiro atoms. The molecule has 0 saturated heterocycles. The lowest BCUT2D eigenvalue weighted by atomic mass is 10.1. The van der Waals surface area contributed by atoms with Crippen molar-refractivity contribution in [3.63, 3.8) is 0 Å². The first-order valence-corrected chi connectivity index (χ1v) is 8.59. The molecule has 0 aliphatic heterocycles. The van der Waals surface area contributed by atoms with Crippen LogP contribution in [0.5, 0.6) is 0 Å². The van der Waals surface area contributed by atoms with Crippen molar-refractivity contribution in [2.24, 2.45) is 0 Å². The summed E-state index contributed by atoms with van der Waals surface area (Å²) in [4.78, 5) is 5.52. The minimum Gasteiger partial charge on any atom is -0.394 e. The Kier molecular flexibility index (Phi) is 6.62. The summed E-state index contributed by atoms with van der Waals surface area (Å²) in [5, 5.41) is 9.73. The maximum Gasteiger partial charge on any atom is 0.136 e. The molecular formula is C17H23FN2O2S.